The minimum absolute atomic E-state index is 0.118. The molecule has 0 fully saturated rings. The van der Waals surface area contributed by atoms with Crippen LogP contribution in [-0.2, 0) is 32.6 Å². The van der Waals surface area contributed by atoms with Crippen LogP contribution in [0.1, 0.15) is 31.9 Å². The van der Waals surface area contributed by atoms with Gasteiger partial charge in [0.25, 0.3) is 0 Å². The van der Waals surface area contributed by atoms with E-state index in [1.807, 2.05) is 42.5 Å². The molecule has 0 N–H and O–H groups in total. The standard InChI is InChI=1S/C31H32N2O5S/c1-31(2,3)38-30(34)23-37-28-9-7-8-25(20-28)22-33(39(35,36)29-10-5-4-6-11-29)21-24-12-14-26(15-13-24)27-16-18-32-19-17-27/h4-20H,21-23H2,1-3H3. The Morgan fingerprint density at radius 1 is 0.795 bits per heavy atom. The monoisotopic (exact) mass is 544 g/mol. The van der Waals surface area contributed by atoms with E-state index >= 15 is 0 Å². The third kappa shape index (κ3) is 7.99. The van der Waals surface area contributed by atoms with Crippen molar-refractivity contribution < 1.29 is 22.7 Å². The van der Waals surface area contributed by atoms with Crippen LogP contribution >= 0.6 is 0 Å². The number of esters is 1. The minimum atomic E-state index is -3.81. The Balaban J connectivity index is 1.55. The van der Waals surface area contributed by atoms with Gasteiger partial charge in [-0.1, -0.05) is 54.6 Å². The zero-order valence-electron chi connectivity index (χ0n) is 22.3. The van der Waals surface area contributed by atoms with Crippen LogP contribution in [0.3, 0.4) is 0 Å². The Kier molecular flexibility index (Phi) is 8.79. The number of pyridine rings is 1. The molecule has 0 bridgehead atoms. The number of hydrogen-bond donors (Lipinski definition) is 0. The van der Waals surface area contributed by atoms with E-state index < -0.39 is 21.6 Å². The molecule has 0 saturated heterocycles. The molecule has 0 aliphatic rings. The number of carbonyl (C=O) groups is 1. The largest absolute Gasteiger partial charge is 0.482 e. The van der Waals surface area contributed by atoms with Crippen molar-refractivity contribution in [1.82, 2.24) is 9.29 Å². The van der Waals surface area contributed by atoms with Gasteiger partial charge in [0, 0.05) is 25.5 Å². The summed E-state index contributed by atoms with van der Waals surface area (Å²) in [6.07, 6.45) is 3.48. The van der Waals surface area contributed by atoms with Crippen molar-refractivity contribution in [2.45, 2.75) is 44.4 Å². The summed E-state index contributed by atoms with van der Waals surface area (Å²) in [5, 5.41) is 0. The summed E-state index contributed by atoms with van der Waals surface area (Å²) in [6.45, 7) is 5.43. The highest BCUT2D eigenvalue weighted by Gasteiger charge is 2.25. The molecule has 0 saturated carbocycles. The molecule has 0 aliphatic heterocycles. The molecular weight excluding hydrogens is 512 g/mol. The lowest BCUT2D eigenvalue weighted by Crippen LogP contribution is -2.30. The summed E-state index contributed by atoms with van der Waals surface area (Å²) in [7, 11) is -3.81. The number of aromatic nitrogens is 1. The number of benzene rings is 3. The maximum Gasteiger partial charge on any atom is 0.344 e. The van der Waals surface area contributed by atoms with E-state index in [1.165, 1.54) is 4.31 Å². The number of sulfonamides is 1. The number of ether oxygens (including phenoxy) is 2. The summed E-state index contributed by atoms with van der Waals surface area (Å²) in [5.41, 5.74) is 3.03. The van der Waals surface area contributed by atoms with E-state index in [1.54, 1.807) is 81.7 Å². The molecule has 0 atom stereocenters. The average molecular weight is 545 g/mol. The van der Waals surface area contributed by atoms with Crippen molar-refractivity contribution in [1.29, 1.82) is 0 Å². The van der Waals surface area contributed by atoms with Gasteiger partial charge in [0.15, 0.2) is 6.61 Å². The van der Waals surface area contributed by atoms with Crippen LogP contribution in [-0.4, -0.2) is 35.9 Å². The minimum Gasteiger partial charge on any atom is -0.482 e. The molecule has 0 radical (unpaired) electrons. The predicted octanol–water partition coefficient (Wildman–Crippen LogP) is 5.86. The highest BCUT2D eigenvalue weighted by molar-refractivity contribution is 7.89. The molecule has 1 heterocycles. The summed E-state index contributed by atoms with van der Waals surface area (Å²) >= 11 is 0. The topological polar surface area (TPSA) is 85.8 Å². The van der Waals surface area contributed by atoms with Crippen molar-refractivity contribution in [3.63, 3.8) is 0 Å². The number of rotatable bonds is 10. The quantitative estimate of drug-likeness (QED) is 0.233. The third-order valence-electron chi connectivity index (χ3n) is 5.74. The smallest absolute Gasteiger partial charge is 0.344 e. The summed E-state index contributed by atoms with van der Waals surface area (Å²) in [5.74, 6) is -0.0199. The normalized spacial score (nSPS) is 11.8. The molecule has 4 rings (SSSR count). The Bertz CT molecular complexity index is 1480. The lowest BCUT2D eigenvalue weighted by molar-refractivity contribution is -0.157. The van der Waals surface area contributed by atoms with Crippen LogP contribution in [0.15, 0.2) is 108 Å². The predicted molar refractivity (Wildman–Crippen MR) is 150 cm³/mol. The molecule has 0 aliphatic carbocycles. The van der Waals surface area contributed by atoms with Crippen molar-refractivity contribution in [2.24, 2.45) is 0 Å². The van der Waals surface area contributed by atoms with Crippen LogP contribution in [0.2, 0.25) is 0 Å². The first-order valence-corrected chi connectivity index (χ1v) is 14.0. The van der Waals surface area contributed by atoms with Gasteiger partial charge in [0.1, 0.15) is 11.4 Å². The molecule has 0 unspecified atom stereocenters. The Hall–Kier alpha value is -4.01. The van der Waals surface area contributed by atoms with Gasteiger partial charge < -0.3 is 9.47 Å². The van der Waals surface area contributed by atoms with Gasteiger partial charge in [-0.05, 0) is 79.4 Å². The van der Waals surface area contributed by atoms with Crippen LogP contribution in [0.5, 0.6) is 5.75 Å². The van der Waals surface area contributed by atoms with Gasteiger partial charge in [0.2, 0.25) is 10.0 Å². The van der Waals surface area contributed by atoms with E-state index in [2.05, 4.69) is 4.98 Å². The van der Waals surface area contributed by atoms with Gasteiger partial charge >= 0.3 is 5.97 Å². The second-order valence-electron chi connectivity index (χ2n) is 10.0. The fourth-order valence-electron chi connectivity index (χ4n) is 3.97. The van der Waals surface area contributed by atoms with Crippen molar-refractivity contribution in [3.8, 4) is 16.9 Å². The molecule has 4 aromatic rings. The van der Waals surface area contributed by atoms with Crippen LogP contribution in [0.4, 0.5) is 0 Å². The number of carbonyl (C=O) groups excluding carboxylic acids is 1. The molecule has 8 heteroatoms. The molecular formula is C31H32N2O5S. The van der Waals surface area contributed by atoms with E-state index in [0.717, 1.165) is 22.3 Å². The van der Waals surface area contributed by atoms with Gasteiger partial charge in [-0.15, -0.1) is 0 Å². The first kappa shape index (κ1) is 28.0. The number of nitrogens with zero attached hydrogens (tertiary/aromatic N) is 2. The van der Waals surface area contributed by atoms with E-state index in [-0.39, 0.29) is 24.6 Å². The highest BCUT2D eigenvalue weighted by Crippen LogP contribution is 2.25. The van der Waals surface area contributed by atoms with Crippen LogP contribution in [0.25, 0.3) is 11.1 Å². The van der Waals surface area contributed by atoms with Gasteiger partial charge in [-0.2, -0.15) is 4.31 Å². The van der Waals surface area contributed by atoms with Crippen molar-refractivity contribution in [3.05, 3.63) is 115 Å². The SMILES string of the molecule is CC(C)(C)OC(=O)COc1cccc(CN(Cc2ccc(-c3ccncc3)cc2)S(=O)(=O)c2ccccc2)c1. The van der Waals surface area contributed by atoms with Gasteiger partial charge in [-0.25, -0.2) is 13.2 Å². The summed E-state index contributed by atoms with van der Waals surface area (Å²) in [4.78, 5) is 16.3. The second kappa shape index (κ2) is 12.2. The van der Waals surface area contributed by atoms with E-state index in [0.29, 0.717) is 5.75 Å². The fraction of sp³-hybridized carbons (Fsp3) is 0.226. The first-order valence-electron chi connectivity index (χ1n) is 12.6. The third-order valence-corrected chi connectivity index (χ3v) is 7.55. The highest BCUT2D eigenvalue weighted by atomic mass is 32.2. The zero-order valence-corrected chi connectivity index (χ0v) is 23.1. The molecule has 7 nitrogen and oxygen atoms in total. The Labute approximate surface area is 230 Å². The summed E-state index contributed by atoms with van der Waals surface area (Å²) < 4.78 is 39.7. The Morgan fingerprint density at radius 2 is 1.44 bits per heavy atom. The summed E-state index contributed by atoms with van der Waals surface area (Å²) in [6, 6.07) is 27.1. The second-order valence-corrected chi connectivity index (χ2v) is 12.0. The number of hydrogen-bond acceptors (Lipinski definition) is 6. The van der Waals surface area contributed by atoms with Gasteiger partial charge in [0.05, 0.1) is 4.90 Å². The Morgan fingerprint density at radius 3 is 2.10 bits per heavy atom. The van der Waals surface area contributed by atoms with Gasteiger partial charge in [-0.3, -0.25) is 4.98 Å². The zero-order chi connectivity index (χ0) is 27.9. The maximum absolute atomic E-state index is 13.7. The molecule has 0 amide bonds. The molecule has 39 heavy (non-hydrogen) atoms. The molecule has 1 aromatic heterocycles. The lowest BCUT2D eigenvalue weighted by atomic mass is 10.1. The van der Waals surface area contributed by atoms with E-state index in [4.69, 9.17) is 9.47 Å². The average Bonchev–Trinajstić information content (AvgIpc) is 2.92. The van der Waals surface area contributed by atoms with Crippen molar-refractivity contribution >= 4 is 16.0 Å². The first-order chi connectivity index (χ1) is 18.6. The maximum atomic E-state index is 13.7. The molecule has 3 aromatic carbocycles. The fourth-order valence-corrected chi connectivity index (χ4v) is 5.41. The van der Waals surface area contributed by atoms with Crippen molar-refractivity contribution in [2.75, 3.05) is 6.61 Å². The van der Waals surface area contributed by atoms with Crippen LogP contribution < -0.4 is 4.74 Å². The molecule has 0 spiro atoms. The lowest BCUT2D eigenvalue weighted by Gasteiger charge is -2.23. The molecule has 202 valence electrons. The van der Waals surface area contributed by atoms with Crippen LogP contribution in [0, 0.1) is 0 Å². The van der Waals surface area contributed by atoms with E-state index in [9.17, 15) is 13.2 Å².